The summed E-state index contributed by atoms with van der Waals surface area (Å²) in [4.78, 5) is 25.3. The van der Waals surface area contributed by atoms with Gasteiger partial charge in [-0.1, -0.05) is 15.9 Å². The van der Waals surface area contributed by atoms with Gasteiger partial charge in [0.25, 0.3) is 0 Å². The molecule has 1 aliphatic rings. The molecule has 1 saturated heterocycles. The first-order valence-corrected chi connectivity index (χ1v) is 7.92. The summed E-state index contributed by atoms with van der Waals surface area (Å²) in [5.74, 6) is -0.0362. The number of urea groups is 1. The molecule has 5 nitrogen and oxygen atoms in total. The summed E-state index contributed by atoms with van der Waals surface area (Å²) in [5.41, 5.74) is 0.644. The highest BCUT2D eigenvalue weighted by Gasteiger charge is 2.18. The van der Waals surface area contributed by atoms with Crippen LogP contribution in [0.2, 0.25) is 0 Å². The van der Waals surface area contributed by atoms with Crippen molar-refractivity contribution in [3.8, 4) is 0 Å². The molecular formula is C13H15Br2N3O2. The molecule has 1 aromatic carbocycles. The van der Waals surface area contributed by atoms with Gasteiger partial charge in [-0.25, -0.2) is 4.79 Å². The number of halogens is 2. The first kappa shape index (κ1) is 15.3. The van der Waals surface area contributed by atoms with Gasteiger partial charge >= 0.3 is 6.03 Å². The monoisotopic (exact) mass is 403 g/mol. The average molecular weight is 405 g/mol. The number of hydrogen-bond donors (Lipinski definition) is 2. The van der Waals surface area contributed by atoms with Crippen molar-refractivity contribution >= 4 is 49.5 Å². The van der Waals surface area contributed by atoms with Gasteiger partial charge in [0.05, 0.1) is 12.2 Å². The third kappa shape index (κ3) is 4.21. The van der Waals surface area contributed by atoms with Crippen molar-refractivity contribution in [3.63, 3.8) is 0 Å². The second kappa shape index (κ2) is 7.08. The summed E-state index contributed by atoms with van der Waals surface area (Å²) >= 11 is 6.69. The third-order valence-corrected chi connectivity index (χ3v) is 4.22. The van der Waals surface area contributed by atoms with Crippen LogP contribution in [0.15, 0.2) is 27.1 Å². The van der Waals surface area contributed by atoms with Gasteiger partial charge in [0, 0.05) is 22.0 Å². The number of amides is 3. The lowest BCUT2D eigenvalue weighted by Gasteiger charge is -2.16. The predicted octanol–water partition coefficient (Wildman–Crippen LogP) is 2.96. The van der Waals surface area contributed by atoms with E-state index in [2.05, 4.69) is 42.5 Å². The Labute approximate surface area is 134 Å². The molecule has 3 amide bonds. The summed E-state index contributed by atoms with van der Waals surface area (Å²) in [6.45, 7) is 1.61. The van der Waals surface area contributed by atoms with Gasteiger partial charge in [-0.05, 0) is 47.0 Å². The van der Waals surface area contributed by atoms with Crippen molar-refractivity contribution in [2.24, 2.45) is 0 Å². The van der Waals surface area contributed by atoms with Crippen LogP contribution >= 0.6 is 31.9 Å². The SMILES string of the molecule is O=C(NCC(=O)N1CCCC1)Nc1cc(Br)ccc1Br. The smallest absolute Gasteiger partial charge is 0.319 e. The molecule has 108 valence electrons. The van der Waals surface area contributed by atoms with Gasteiger partial charge in [-0.3, -0.25) is 4.79 Å². The lowest BCUT2D eigenvalue weighted by Crippen LogP contribution is -2.40. The number of nitrogens with one attached hydrogen (secondary N) is 2. The normalized spacial score (nSPS) is 14.2. The minimum absolute atomic E-state index is 0.0253. The lowest BCUT2D eigenvalue weighted by atomic mass is 10.3. The molecule has 0 aromatic heterocycles. The molecule has 1 aliphatic heterocycles. The van der Waals surface area contributed by atoms with Crippen LogP contribution in [-0.2, 0) is 4.79 Å². The molecule has 0 radical (unpaired) electrons. The molecule has 0 atom stereocenters. The molecule has 1 aromatic rings. The van der Waals surface area contributed by atoms with Crippen LogP contribution in [0.3, 0.4) is 0 Å². The van der Waals surface area contributed by atoms with Crippen LogP contribution < -0.4 is 10.6 Å². The van der Waals surface area contributed by atoms with Gasteiger partial charge in [0.1, 0.15) is 0 Å². The van der Waals surface area contributed by atoms with Gasteiger partial charge in [-0.2, -0.15) is 0 Å². The first-order valence-electron chi connectivity index (χ1n) is 6.34. The maximum absolute atomic E-state index is 11.8. The average Bonchev–Trinajstić information content (AvgIpc) is 2.94. The molecule has 2 rings (SSSR count). The van der Waals surface area contributed by atoms with Crippen LogP contribution in [0.25, 0.3) is 0 Å². The van der Waals surface area contributed by atoms with Crippen molar-refractivity contribution in [2.75, 3.05) is 25.0 Å². The number of hydrogen-bond acceptors (Lipinski definition) is 2. The van der Waals surface area contributed by atoms with Crippen molar-refractivity contribution in [1.29, 1.82) is 0 Å². The van der Waals surface area contributed by atoms with E-state index < -0.39 is 6.03 Å². The van der Waals surface area contributed by atoms with Gasteiger partial charge in [0.15, 0.2) is 0 Å². The van der Waals surface area contributed by atoms with Gasteiger partial charge in [-0.15, -0.1) is 0 Å². The minimum atomic E-state index is -0.392. The zero-order valence-electron chi connectivity index (χ0n) is 10.8. The number of rotatable bonds is 3. The Morgan fingerprint density at radius 3 is 2.60 bits per heavy atom. The van der Waals surface area contributed by atoms with Crippen molar-refractivity contribution in [2.45, 2.75) is 12.8 Å². The molecule has 0 saturated carbocycles. The van der Waals surface area contributed by atoms with E-state index in [-0.39, 0.29) is 12.5 Å². The van der Waals surface area contributed by atoms with Gasteiger partial charge < -0.3 is 15.5 Å². The molecule has 20 heavy (non-hydrogen) atoms. The van der Waals surface area contributed by atoms with Gasteiger partial charge in [0.2, 0.25) is 5.91 Å². The zero-order chi connectivity index (χ0) is 14.5. The number of carbonyl (C=O) groups excluding carboxylic acids is 2. The Kier molecular flexibility index (Phi) is 5.42. The summed E-state index contributed by atoms with van der Waals surface area (Å²) in [6, 6.07) is 5.09. The molecule has 0 spiro atoms. The first-order chi connectivity index (χ1) is 9.56. The number of likely N-dealkylation sites (tertiary alicyclic amines) is 1. The fourth-order valence-corrected chi connectivity index (χ4v) is 2.70. The predicted molar refractivity (Wildman–Crippen MR) is 84.7 cm³/mol. The Morgan fingerprint density at radius 1 is 1.20 bits per heavy atom. The largest absolute Gasteiger partial charge is 0.341 e. The maximum atomic E-state index is 11.8. The standard InChI is InChI=1S/C13H15Br2N3O2/c14-9-3-4-10(15)11(7-9)17-13(20)16-8-12(19)18-5-1-2-6-18/h3-4,7H,1-2,5-6,8H2,(H2,16,17,20). The molecule has 0 unspecified atom stereocenters. The summed E-state index contributed by atoms with van der Waals surface area (Å²) in [7, 11) is 0. The van der Waals surface area contributed by atoms with Crippen molar-refractivity contribution < 1.29 is 9.59 Å². The second-order valence-electron chi connectivity index (χ2n) is 4.52. The third-order valence-electron chi connectivity index (χ3n) is 3.04. The summed E-state index contributed by atoms with van der Waals surface area (Å²) in [5, 5.41) is 5.28. The van der Waals surface area contributed by atoms with Crippen LogP contribution in [0, 0.1) is 0 Å². The minimum Gasteiger partial charge on any atom is -0.341 e. The Bertz CT molecular complexity index is 516. The van der Waals surface area contributed by atoms with Crippen LogP contribution in [-0.4, -0.2) is 36.5 Å². The molecule has 1 fully saturated rings. The fourth-order valence-electron chi connectivity index (χ4n) is 1.99. The second-order valence-corrected chi connectivity index (χ2v) is 6.29. The van der Waals surface area contributed by atoms with E-state index in [1.165, 1.54) is 0 Å². The quantitative estimate of drug-likeness (QED) is 0.813. The Balaban J connectivity index is 1.83. The lowest BCUT2D eigenvalue weighted by molar-refractivity contribution is -0.128. The van der Waals surface area contributed by atoms with E-state index in [0.29, 0.717) is 5.69 Å². The van der Waals surface area contributed by atoms with Crippen LogP contribution in [0.1, 0.15) is 12.8 Å². The van der Waals surface area contributed by atoms with Crippen LogP contribution in [0.5, 0.6) is 0 Å². The molecular weight excluding hydrogens is 390 g/mol. The highest BCUT2D eigenvalue weighted by molar-refractivity contribution is 9.11. The topological polar surface area (TPSA) is 61.4 Å². The fraction of sp³-hybridized carbons (Fsp3) is 0.385. The van der Waals surface area contributed by atoms with Crippen LogP contribution in [0.4, 0.5) is 10.5 Å². The van der Waals surface area contributed by atoms with E-state index in [1.807, 2.05) is 12.1 Å². The van der Waals surface area contributed by atoms with Crippen molar-refractivity contribution in [1.82, 2.24) is 10.2 Å². The Morgan fingerprint density at radius 2 is 1.90 bits per heavy atom. The highest BCUT2D eigenvalue weighted by Crippen LogP contribution is 2.25. The molecule has 0 bridgehead atoms. The summed E-state index contributed by atoms with van der Waals surface area (Å²) in [6.07, 6.45) is 2.09. The molecule has 1 heterocycles. The number of benzene rings is 1. The number of carbonyl (C=O) groups is 2. The Hall–Kier alpha value is -1.08. The van der Waals surface area contributed by atoms with Crippen molar-refractivity contribution in [3.05, 3.63) is 27.1 Å². The highest BCUT2D eigenvalue weighted by atomic mass is 79.9. The van der Waals surface area contributed by atoms with E-state index in [4.69, 9.17) is 0 Å². The number of nitrogens with zero attached hydrogens (tertiary/aromatic N) is 1. The summed E-state index contributed by atoms with van der Waals surface area (Å²) < 4.78 is 1.64. The molecule has 7 heteroatoms. The number of anilines is 1. The zero-order valence-corrected chi connectivity index (χ0v) is 14.0. The van der Waals surface area contributed by atoms with E-state index in [9.17, 15) is 9.59 Å². The molecule has 2 N–H and O–H groups in total. The molecule has 0 aliphatic carbocycles. The van der Waals surface area contributed by atoms with E-state index in [1.54, 1.807) is 11.0 Å². The van der Waals surface area contributed by atoms with E-state index in [0.717, 1.165) is 34.9 Å². The van der Waals surface area contributed by atoms with E-state index >= 15 is 0 Å². The maximum Gasteiger partial charge on any atom is 0.319 e.